The van der Waals surface area contributed by atoms with Crippen molar-refractivity contribution in [3.8, 4) is 6.07 Å². The Balaban J connectivity index is 2.32. The summed E-state index contributed by atoms with van der Waals surface area (Å²) in [4.78, 5) is 11.0. The van der Waals surface area contributed by atoms with Gasteiger partial charge in [0.15, 0.2) is 0 Å². The van der Waals surface area contributed by atoms with Crippen molar-refractivity contribution in [2.24, 2.45) is 11.3 Å². The van der Waals surface area contributed by atoms with Crippen LogP contribution in [-0.2, 0) is 0 Å². The summed E-state index contributed by atoms with van der Waals surface area (Å²) in [5, 5.41) is 29.2. The minimum absolute atomic E-state index is 0.0986. The van der Waals surface area contributed by atoms with E-state index in [9.17, 15) is 15.2 Å². The molecule has 1 aromatic rings. The van der Waals surface area contributed by atoms with Crippen molar-refractivity contribution in [1.29, 1.82) is 5.26 Å². The zero-order valence-electron chi connectivity index (χ0n) is 12.2. The van der Waals surface area contributed by atoms with Crippen LogP contribution in [-0.4, -0.2) is 21.8 Å². The van der Waals surface area contributed by atoms with Crippen LogP contribution in [0.3, 0.4) is 0 Å². The molecule has 0 aromatic heterocycles. The quantitative estimate of drug-likeness (QED) is 0.871. The maximum atomic E-state index is 11.0. The number of aliphatic hydroxyl groups is 1. The van der Waals surface area contributed by atoms with Crippen LogP contribution in [0.4, 0.5) is 0 Å². The van der Waals surface area contributed by atoms with E-state index < -0.39 is 17.0 Å². The molecular weight excluding hydrogens is 266 g/mol. The lowest BCUT2D eigenvalue weighted by Gasteiger charge is -2.33. The fraction of sp³-hybridized carbons (Fsp3) is 0.412. The molecule has 0 aliphatic heterocycles. The average molecular weight is 285 g/mol. The van der Waals surface area contributed by atoms with Crippen LogP contribution in [0.25, 0.3) is 6.08 Å². The molecule has 2 N–H and O–H groups in total. The minimum Gasteiger partial charge on any atom is -0.478 e. The Bertz CT molecular complexity index is 623. The number of hydrogen-bond donors (Lipinski definition) is 2. The van der Waals surface area contributed by atoms with Gasteiger partial charge in [-0.25, -0.2) is 4.79 Å². The van der Waals surface area contributed by atoms with Crippen molar-refractivity contribution in [2.45, 2.75) is 32.3 Å². The number of carboxylic acids is 1. The van der Waals surface area contributed by atoms with E-state index in [1.54, 1.807) is 30.4 Å². The molecule has 1 aliphatic rings. The third kappa shape index (κ3) is 2.70. The lowest BCUT2D eigenvalue weighted by atomic mass is 9.76. The van der Waals surface area contributed by atoms with Crippen molar-refractivity contribution in [2.75, 3.05) is 0 Å². The highest BCUT2D eigenvalue weighted by Crippen LogP contribution is 2.56. The lowest BCUT2D eigenvalue weighted by molar-refractivity contribution is -0.00417. The molecule has 0 spiro atoms. The molecule has 1 atom stereocenters. The molecule has 110 valence electrons. The largest absolute Gasteiger partial charge is 0.478 e. The molecule has 1 aliphatic carbocycles. The van der Waals surface area contributed by atoms with Gasteiger partial charge in [0.1, 0.15) is 5.60 Å². The Morgan fingerprint density at radius 2 is 2.14 bits per heavy atom. The van der Waals surface area contributed by atoms with Gasteiger partial charge < -0.3 is 10.2 Å². The fourth-order valence-corrected chi connectivity index (χ4v) is 2.63. The third-order valence-corrected chi connectivity index (χ3v) is 4.27. The van der Waals surface area contributed by atoms with Crippen molar-refractivity contribution in [3.05, 3.63) is 41.5 Å². The van der Waals surface area contributed by atoms with E-state index in [-0.39, 0.29) is 11.5 Å². The first-order chi connectivity index (χ1) is 9.84. The summed E-state index contributed by atoms with van der Waals surface area (Å²) in [5.74, 6) is -1.08. The number of carboxylic acid groups (broad SMARTS) is 1. The van der Waals surface area contributed by atoms with E-state index in [1.165, 1.54) is 6.07 Å². The number of rotatable bonds is 5. The maximum absolute atomic E-state index is 11.0. The number of hydrogen-bond acceptors (Lipinski definition) is 3. The van der Waals surface area contributed by atoms with Gasteiger partial charge in [0, 0.05) is 0 Å². The molecule has 0 radical (unpaired) electrons. The summed E-state index contributed by atoms with van der Waals surface area (Å²) in [6.45, 7) is 3.77. The monoisotopic (exact) mass is 285 g/mol. The number of benzene rings is 1. The van der Waals surface area contributed by atoms with Crippen molar-refractivity contribution < 1.29 is 15.0 Å². The van der Waals surface area contributed by atoms with Crippen molar-refractivity contribution >= 4 is 12.0 Å². The molecule has 1 fully saturated rings. The first kappa shape index (κ1) is 15.3. The first-order valence-electron chi connectivity index (χ1n) is 7.01. The summed E-state index contributed by atoms with van der Waals surface area (Å²) in [6.07, 6.45) is 4.73. The topological polar surface area (TPSA) is 81.3 Å². The third-order valence-electron chi connectivity index (χ3n) is 4.27. The molecule has 0 amide bonds. The van der Waals surface area contributed by atoms with Gasteiger partial charge in [0.05, 0.1) is 17.0 Å². The van der Waals surface area contributed by atoms with E-state index in [0.717, 1.165) is 0 Å². The standard InChI is InChI=1S/C17H19NO3/c1-12(2)17(21,16(11-18)8-9-16)7-6-13-4-3-5-14(10-13)15(19)20/h3-7,10,12,21H,8-9H2,1-2H3,(H,19,20)/b7-6+/t17-/m1/s1. The highest BCUT2D eigenvalue weighted by molar-refractivity contribution is 5.88. The van der Waals surface area contributed by atoms with Crippen LogP contribution < -0.4 is 0 Å². The summed E-state index contributed by atoms with van der Waals surface area (Å²) < 4.78 is 0. The molecular formula is C17H19NO3. The number of aromatic carboxylic acids is 1. The van der Waals surface area contributed by atoms with E-state index in [4.69, 9.17) is 5.11 Å². The van der Waals surface area contributed by atoms with E-state index in [0.29, 0.717) is 18.4 Å². The molecule has 0 bridgehead atoms. The SMILES string of the molecule is CC(C)[C@](O)(/C=C/c1cccc(C(=O)O)c1)C1(C#N)CC1. The molecule has 0 unspecified atom stereocenters. The van der Waals surface area contributed by atoms with Crippen LogP contribution in [0.2, 0.25) is 0 Å². The second kappa shape index (κ2) is 5.34. The molecule has 21 heavy (non-hydrogen) atoms. The van der Waals surface area contributed by atoms with Gasteiger partial charge >= 0.3 is 5.97 Å². The first-order valence-corrected chi connectivity index (χ1v) is 7.01. The average Bonchev–Trinajstić information content (AvgIpc) is 3.26. The predicted octanol–water partition coefficient (Wildman–Crippen LogP) is 3.09. The van der Waals surface area contributed by atoms with Crippen molar-refractivity contribution in [1.82, 2.24) is 0 Å². The fourth-order valence-electron chi connectivity index (χ4n) is 2.63. The second-order valence-corrected chi connectivity index (χ2v) is 5.94. The van der Waals surface area contributed by atoms with Crippen LogP contribution in [0.1, 0.15) is 42.6 Å². The van der Waals surface area contributed by atoms with Crippen LogP contribution in [0, 0.1) is 22.7 Å². The zero-order valence-corrected chi connectivity index (χ0v) is 12.2. The summed E-state index contributed by atoms with van der Waals surface area (Å²) in [7, 11) is 0. The number of carbonyl (C=O) groups is 1. The molecule has 2 rings (SSSR count). The smallest absolute Gasteiger partial charge is 0.335 e. The Morgan fingerprint density at radius 3 is 2.62 bits per heavy atom. The van der Waals surface area contributed by atoms with Gasteiger partial charge in [-0.05, 0) is 36.5 Å². The van der Waals surface area contributed by atoms with Crippen LogP contribution in [0.15, 0.2) is 30.3 Å². The summed E-state index contributed by atoms with van der Waals surface area (Å²) in [6, 6.07) is 8.75. The van der Waals surface area contributed by atoms with Crippen molar-refractivity contribution in [3.63, 3.8) is 0 Å². The predicted molar refractivity (Wildman–Crippen MR) is 79.5 cm³/mol. The maximum Gasteiger partial charge on any atom is 0.335 e. The summed E-state index contributed by atoms with van der Waals surface area (Å²) >= 11 is 0. The van der Waals surface area contributed by atoms with Crippen LogP contribution in [0.5, 0.6) is 0 Å². The Labute approximate surface area is 124 Å². The Morgan fingerprint density at radius 1 is 1.48 bits per heavy atom. The lowest BCUT2D eigenvalue weighted by Crippen LogP contribution is -2.42. The van der Waals surface area contributed by atoms with Crippen LogP contribution >= 0.6 is 0 Å². The number of nitrogens with zero attached hydrogens (tertiary/aromatic N) is 1. The minimum atomic E-state index is -1.19. The molecule has 4 nitrogen and oxygen atoms in total. The molecule has 0 saturated heterocycles. The highest BCUT2D eigenvalue weighted by Gasteiger charge is 2.59. The molecule has 1 aromatic carbocycles. The van der Waals surface area contributed by atoms with Gasteiger partial charge in [-0.1, -0.05) is 38.1 Å². The Hall–Kier alpha value is -2.12. The number of nitriles is 1. The van der Waals surface area contributed by atoms with Gasteiger partial charge in [-0.2, -0.15) is 5.26 Å². The van der Waals surface area contributed by atoms with Gasteiger partial charge in [0.2, 0.25) is 0 Å². The van der Waals surface area contributed by atoms with Gasteiger partial charge in [0.25, 0.3) is 0 Å². The molecule has 0 heterocycles. The summed E-state index contributed by atoms with van der Waals surface area (Å²) in [5.41, 5.74) is -1.00. The zero-order chi connectivity index (χ0) is 15.7. The molecule has 1 saturated carbocycles. The van der Waals surface area contributed by atoms with Gasteiger partial charge in [-0.3, -0.25) is 0 Å². The Kier molecular flexibility index (Phi) is 3.89. The second-order valence-electron chi connectivity index (χ2n) is 5.94. The van der Waals surface area contributed by atoms with E-state index in [2.05, 4.69) is 6.07 Å². The van der Waals surface area contributed by atoms with E-state index in [1.807, 2.05) is 13.8 Å². The highest BCUT2D eigenvalue weighted by atomic mass is 16.4. The van der Waals surface area contributed by atoms with E-state index >= 15 is 0 Å². The normalized spacial score (nSPS) is 19.2. The molecule has 4 heteroatoms. The van der Waals surface area contributed by atoms with Gasteiger partial charge in [-0.15, -0.1) is 0 Å².